The van der Waals surface area contributed by atoms with Crippen molar-refractivity contribution in [3.05, 3.63) is 52.7 Å². The first-order valence-corrected chi connectivity index (χ1v) is 12.9. The van der Waals surface area contributed by atoms with Gasteiger partial charge in [0.25, 0.3) is 0 Å². The summed E-state index contributed by atoms with van der Waals surface area (Å²) in [7, 11) is -3.43. The number of amides is 1. The molecule has 1 aromatic heterocycles. The minimum Gasteiger partial charge on any atom is -0.309 e. The molecule has 0 radical (unpaired) electrons. The number of hydrogen-bond donors (Lipinski definition) is 1. The van der Waals surface area contributed by atoms with Gasteiger partial charge in [-0.2, -0.15) is 5.10 Å². The highest BCUT2D eigenvalue weighted by Crippen LogP contribution is 2.36. The third kappa shape index (κ3) is 6.43. The number of carbonyl (C=O) groups is 1. The Hall–Kier alpha value is -2.12. The molecule has 0 bridgehead atoms. The van der Waals surface area contributed by atoms with E-state index in [-0.39, 0.29) is 15.8 Å². The Bertz CT molecular complexity index is 1070. The van der Waals surface area contributed by atoms with Gasteiger partial charge < -0.3 is 5.32 Å². The third-order valence-corrected chi connectivity index (χ3v) is 7.28. The zero-order valence-electron chi connectivity index (χ0n) is 18.3. The van der Waals surface area contributed by atoms with Crippen molar-refractivity contribution in [1.29, 1.82) is 0 Å². The van der Waals surface area contributed by atoms with Gasteiger partial charge in [-0.15, -0.1) is 0 Å². The van der Waals surface area contributed by atoms with Crippen LogP contribution in [0.2, 0.25) is 5.02 Å². The number of carbonyl (C=O) groups excluding carboxylic acids is 1. The summed E-state index contributed by atoms with van der Waals surface area (Å²) in [6, 6.07) is 6.60. The van der Waals surface area contributed by atoms with E-state index in [0.717, 1.165) is 24.7 Å². The fourth-order valence-corrected chi connectivity index (χ4v) is 5.37. The zero-order chi connectivity index (χ0) is 22.6. The molecule has 1 unspecified atom stereocenters. The lowest BCUT2D eigenvalue weighted by Crippen LogP contribution is -2.23. The summed E-state index contributed by atoms with van der Waals surface area (Å²) < 4.78 is 25.6. The Kier molecular flexibility index (Phi) is 7.59. The molecule has 1 aliphatic carbocycles. The van der Waals surface area contributed by atoms with E-state index in [4.69, 9.17) is 11.6 Å². The second-order valence-corrected chi connectivity index (χ2v) is 11.0. The Morgan fingerprint density at radius 1 is 1.29 bits per heavy atom. The topological polar surface area (TPSA) is 81.1 Å². The van der Waals surface area contributed by atoms with Crippen LogP contribution in [0.4, 0.5) is 5.82 Å². The molecule has 3 rings (SSSR count). The highest BCUT2D eigenvalue weighted by molar-refractivity contribution is 7.90. The van der Waals surface area contributed by atoms with Crippen molar-refractivity contribution in [2.45, 2.75) is 63.3 Å². The minimum atomic E-state index is -3.43. The van der Waals surface area contributed by atoms with Gasteiger partial charge in [0, 0.05) is 18.5 Å². The fourth-order valence-electron chi connectivity index (χ4n) is 4.03. The van der Waals surface area contributed by atoms with Crippen molar-refractivity contribution in [1.82, 2.24) is 9.78 Å². The fraction of sp³-hybridized carbons (Fsp3) is 0.478. The highest BCUT2D eigenvalue weighted by atomic mass is 35.5. The van der Waals surface area contributed by atoms with E-state index in [1.807, 2.05) is 20.0 Å². The summed E-state index contributed by atoms with van der Waals surface area (Å²) in [4.78, 5) is 13.3. The second kappa shape index (κ2) is 10.0. The predicted molar refractivity (Wildman–Crippen MR) is 124 cm³/mol. The lowest BCUT2D eigenvalue weighted by molar-refractivity contribution is -0.118. The molecule has 1 N–H and O–H groups in total. The van der Waals surface area contributed by atoms with Gasteiger partial charge in [0.05, 0.1) is 22.4 Å². The van der Waals surface area contributed by atoms with Crippen LogP contribution in [0, 0.1) is 5.92 Å². The van der Waals surface area contributed by atoms with E-state index >= 15 is 0 Å². The zero-order valence-corrected chi connectivity index (χ0v) is 19.8. The first-order chi connectivity index (χ1) is 14.6. The molecule has 1 aromatic carbocycles. The van der Waals surface area contributed by atoms with Crippen LogP contribution in [0.15, 0.2) is 47.0 Å². The van der Waals surface area contributed by atoms with Gasteiger partial charge in [-0.3, -0.25) is 9.48 Å². The molecule has 1 saturated carbocycles. The summed E-state index contributed by atoms with van der Waals surface area (Å²) in [6.07, 6.45) is 10.3. The van der Waals surface area contributed by atoms with Crippen LogP contribution in [0.5, 0.6) is 0 Å². The molecule has 31 heavy (non-hydrogen) atoms. The molecule has 1 atom stereocenters. The number of anilines is 1. The van der Waals surface area contributed by atoms with Crippen molar-refractivity contribution in [2.24, 2.45) is 5.92 Å². The summed E-state index contributed by atoms with van der Waals surface area (Å²) in [5, 5.41) is 7.51. The van der Waals surface area contributed by atoms with Crippen LogP contribution in [0.1, 0.15) is 57.4 Å². The molecule has 1 fully saturated rings. The molecule has 1 amide bonds. The molecule has 0 spiro atoms. The largest absolute Gasteiger partial charge is 0.309 e. The lowest BCUT2D eigenvalue weighted by atomic mass is 9.87. The summed E-state index contributed by atoms with van der Waals surface area (Å²) in [5.74, 6) is 0.404. The number of halogens is 1. The first-order valence-electron chi connectivity index (χ1n) is 10.6. The first kappa shape index (κ1) is 23.5. The van der Waals surface area contributed by atoms with Crippen molar-refractivity contribution in [3.8, 4) is 0 Å². The van der Waals surface area contributed by atoms with Crippen molar-refractivity contribution in [3.63, 3.8) is 0 Å². The molecule has 1 aliphatic rings. The molecule has 6 nitrogen and oxygen atoms in total. The van der Waals surface area contributed by atoms with Crippen LogP contribution in [-0.4, -0.2) is 30.4 Å². The average molecular weight is 464 g/mol. The van der Waals surface area contributed by atoms with Crippen molar-refractivity contribution < 1.29 is 13.2 Å². The van der Waals surface area contributed by atoms with Crippen LogP contribution in [-0.2, 0) is 21.2 Å². The van der Waals surface area contributed by atoms with E-state index < -0.39 is 15.8 Å². The van der Waals surface area contributed by atoms with Gasteiger partial charge in [-0.1, -0.05) is 55.0 Å². The average Bonchev–Trinajstić information content (AvgIpc) is 3.35. The third-order valence-electron chi connectivity index (χ3n) is 5.70. The van der Waals surface area contributed by atoms with Crippen molar-refractivity contribution in [2.75, 3.05) is 11.6 Å². The molecule has 2 aromatic rings. The van der Waals surface area contributed by atoms with Crippen LogP contribution < -0.4 is 5.32 Å². The normalized spacial score (nSPS) is 15.6. The Morgan fingerprint density at radius 2 is 2.00 bits per heavy atom. The van der Waals surface area contributed by atoms with Crippen LogP contribution >= 0.6 is 11.6 Å². The van der Waals surface area contributed by atoms with E-state index in [1.165, 1.54) is 24.5 Å². The number of nitrogens with zero attached hydrogens (tertiary/aromatic N) is 2. The monoisotopic (exact) mass is 463 g/mol. The maximum atomic E-state index is 13.2. The summed E-state index contributed by atoms with van der Waals surface area (Å²) >= 11 is 6.27. The standard InChI is InChI=1S/C23H30ClN3O3S/c1-16(2)10-12-27-13-11-22(26-27)25-23(28)19(14-17-6-4-5-7-17)18-8-9-21(20(24)15-18)31(3,29)30/h8-11,13,15,17,19H,4-7,12,14H2,1-3H3,(H,25,26,28). The second-order valence-electron chi connectivity index (χ2n) is 8.59. The number of nitrogens with one attached hydrogen (secondary N) is 1. The number of aromatic nitrogens is 2. The maximum absolute atomic E-state index is 13.2. The van der Waals surface area contributed by atoms with E-state index in [1.54, 1.807) is 22.9 Å². The van der Waals surface area contributed by atoms with Gasteiger partial charge in [0.15, 0.2) is 15.7 Å². The van der Waals surface area contributed by atoms with Gasteiger partial charge >= 0.3 is 0 Å². The number of sulfone groups is 1. The number of benzene rings is 1. The van der Waals surface area contributed by atoms with Gasteiger partial charge in [0.1, 0.15) is 0 Å². The Morgan fingerprint density at radius 3 is 2.61 bits per heavy atom. The van der Waals surface area contributed by atoms with Gasteiger partial charge in [0.2, 0.25) is 5.91 Å². The smallest absolute Gasteiger partial charge is 0.233 e. The van der Waals surface area contributed by atoms with E-state index in [2.05, 4.69) is 16.5 Å². The maximum Gasteiger partial charge on any atom is 0.233 e. The number of rotatable bonds is 8. The number of allylic oxidation sites excluding steroid dienone is 2. The Balaban J connectivity index is 1.82. The quantitative estimate of drug-likeness (QED) is 0.545. The van der Waals surface area contributed by atoms with Crippen LogP contribution in [0.3, 0.4) is 0 Å². The summed E-state index contributed by atoms with van der Waals surface area (Å²) in [5.41, 5.74) is 1.93. The molecular weight excluding hydrogens is 434 g/mol. The van der Waals surface area contributed by atoms with Crippen LogP contribution in [0.25, 0.3) is 0 Å². The number of hydrogen-bond acceptors (Lipinski definition) is 4. The lowest BCUT2D eigenvalue weighted by Gasteiger charge is -2.21. The highest BCUT2D eigenvalue weighted by Gasteiger charge is 2.28. The van der Waals surface area contributed by atoms with Crippen molar-refractivity contribution >= 4 is 33.2 Å². The molecule has 0 aliphatic heterocycles. The van der Waals surface area contributed by atoms with Gasteiger partial charge in [-0.05, 0) is 43.9 Å². The molecule has 1 heterocycles. The van der Waals surface area contributed by atoms with E-state index in [9.17, 15) is 13.2 Å². The van der Waals surface area contributed by atoms with E-state index in [0.29, 0.717) is 24.7 Å². The molecule has 0 saturated heterocycles. The molecular formula is C23H30ClN3O3S. The minimum absolute atomic E-state index is 0.0796. The molecule has 168 valence electrons. The SMILES string of the molecule is CC(C)=CCn1ccc(NC(=O)C(CC2CCCC2)c2ccc(S(C)(=O)=O)c(Cl)c2)n1. The van der Waals surface area contributed by atoms with Gasteiger partial charge in [-0.25, -0.2) is 8.42 Å². The predicted octanol–water partition coefficient (Wildman–Crippen LogP) is 5.21. The Labute approximate surface area is 189 Å². The summed E-state index contributed by atoms with van der Waals surface area (Å²) in [6.45, 7) is 4.70. The molecule has 8 heteroatoms.